The van der Waals surface area contributed by atoms with Gasteiger partial charge >= 0.3 is 5.97 Å². The van der Waals surface area contributed by atoms with Crippen LogP contribution in [0.5, 0.6) is 0 Å². The number of carboxylic acid groups (broad SMARTS) is 1. The fraction of sp³-hybridized carbons (Fsp3) is 0.154. The third-order valence-corrected chi connectivity index (χ3v) is 2.86. The molecule has 0 saturated carbocycles. The van der Waals surface area contributed by atoms with Crippen molar-refractivity contribution in [2.75, 3.05) is 0 Å². The molecule has 0 spiro atoms. The van der Waals surface area contributed by atoms with E-state index in [1.165, 1.54) is 24.3 Å². The van der Waals surface area contributed by atoms with Gasteiger partial charge in [-0.2, -0.15) is 5.10 Å². The van der Waals surface area contributed by atoms with Crippen LogP contribution in [0.4, 0.5) is 5.69 Å². The first-order chi connectivity index (χ1) is 9.90. The molecule has 0 amide bonds. The standard InChI is InChI=1S/C13H11N3O5/c1-8-5-6-11(17)15(14-8)7-9-3-2-4-10(16(20)21)12(9)13(18)19/h2-6H,7H2,1H3,(H,18,19). The molecule has 108 valence electrons. The van der Waals surface area contributed by atoms with Gasteiger partial charge in [0, 0.05) is 12.1 Å². The maximum atomic E-state index is 11.7. The summed E-state index contributed by atoms with van der Waals surface area (Å²) in [6.07, 6.45) is 0. The summed E-state index contributed by atoms with van der Waals surface area (Å²) < 4.78 is 1.07. The highest BCUT2D eigenvalue weighted by Crippen LogP contribution is 2.22. The number of hydrogen-bond acceptors (Lipinski definition) is 5. The van der Waals surface area contributed by atoms with E-state index in [1.807, 2.05) is 0 Å². The van der Waals surface area contributed by atoms with E-state index >= 15 is 0 Å². The molecule has 1 aromatic carbocycles. The van der Waals surface area contributed by atoms with Gasteiger partial charge < -0.3 is 5.11 Å². The van der Waals surface area contributed by atoms with Gasteiger partial charge in [-0.1, -0.05) is 12.1 Å². The highest BCUT2D eigenvalue weighted by molar-refractivity contribution is 5.94. The summed E-state index contributed by atoms with van der Waals surface area (Å²) in [5.41, 5.74) is -0.629. The Bertz CT molecular complexity index is 782. The topological polar surface area (TPSA) is 115 Å². The van der Waals surface area contributed by atoms with Crippen molar-refractivity contribution >= 4 is 11.7 Å². The minimum Gasteiger partial charge on any atom is -0.477 e. The van der Waals surface area contributed by atoms with Crippen LogP contribution in [0.3, 0.4) is 0 Å². The zero-order chi connectivity index (χ0) is 15.6. The van der Waals surface area contributed by atoms with Gasteiger partial charge in [-0.25, -0.2) is 9.48 Å². The summed E-state index contributed by atoms with van der Waals surface area (Å²) in [7, 11) is 0. The molecule has 0 atom stereocenters. The monoisotopic (exact) mass is 289 g/mol. The maximum Gasteiger partial charge on any atom is 0.343 e. The molecule has 8 nitrogen and oxygen atoms in total. The zero-order valence-corrected chi connectivity index (χ0v) is 11.0. The van der Waals surface area contributed by atoms with Crippen LogP contribution in [0.15, 0.2) is 35.1 Å². The third kappa shape index (κ3) is 2.94. The quantitative estimate of drug-likeness (QED) is 0.668. The van der Waals surface area contributed by atoms with Gasteiger partial charge in [0.1, 0.15) is 5.56 Å². The lowest BCUT2D eigenvalue weighted by Crippen LogP contribution is -2.24. The lowest BCUT2D eigenvalue weighted by molar-refractivity contribution is -0.385. The Kier molecular flexibility index (Phi) is 3.79. The van der Waals surface area contributed by atoms with E-state index in [-0.39, 0.29) is 12.1 Å². The molecule has 0 unspecified atom stereocenters. The second-order valence-corrected chi connectivity index (χ2v) is 4.34. The molecule has 8 heteroatoms. The van der Waals surface area contributed by atoms with E-state index in [4.69, 9.17) is 0 Å². The van der Waals surface area contributed by atoms with Crippen molar-refractivity contribution in [3.8, 4) is 0 Å². The van der Waals surface area contributed by atoms with Crippen molar-refractivity contribution in [2.24, 2.45) is 0 Å². The Morgan fingerprint density at radius 2 is 2.10 bits per heavy atom. The summed E-state index contributed by atoms with van der Waals surface area (Å²) >= 11 is 0. The molecule has 0 fully saturated rings. The molecule has 0 aliphatic carbocycles. The number of hydrogen-bond donors (Lipinski definition) is 1. The normalized spacial score (nSPS) is 10.3. The predicted molar refractivity (Wildman–Crippen MR) is 72.4 cm³/mol. The van der Waals surface area contributed by atoms with Gasteiger partial charge in [-0.05, 0) is 18.6 Å². The molecule has 1 aromatic heterocycles. The van der Waals surface area contributed by atoms with Crippen LogP contribution in [-0.2, 0) is 6.54 Å². The van der Waals surface area contributed by atoms with Crippen molar-refractivity contribution in [1.29, 1.82) is 0 Å². The fourth-order valence-corrected chi connectivity index (χ4v) is 1.94. The largest absolute Gasteiger partial charge is 0.477 e. The van der Waals surface area contributed by atoms with Crippen molar-refractivity contribution in [3.05, 3.63) is 67.6 Å². The van der Waals surface area contributed by atoms with Crippen molar-refractivity contribution < 1.29 is 14.8 Å². The molecular weight excluding hydrogens is 278 g/mol. The van der Waals surface area contributed by atoms with Crippen molar-refractivity contribution in [1.82, 2.24) is 9.78 Å². The summed E-state index contributed by atoms with van der Waals surface area (Å²) in [4.78, 5) is 33.1. The summed E-state index contributed by atoms with van der Waals surface area (Å²) in [5.74, 6) is -1.42. The summed E-state index contributed by atoms with van der Waals surface area (Å²) in [6, 6.07) is 6.75. The van der Waals surface area contributed by atoms with Crippen LogP contribution in [0, 0.1) is 17.0 Å². The molecule has 0 radical (unpaired) electrons. The number of rotatable bonds is 4. The molecular formula is C13H11N3O5. The molecule has 0 saturated heterocycles. The predicted octanol–water partition coefficient (Wildman–Crippen LogP) is 1.21. The van der Waals surface area contributed by atoms with E-state index in [0.717, 1.165) is 10.7 Å². The molecule has 1 heterocycles. The molecule has 0 bridgehead atoms. The van der Waals surface area contributed by atoms with Gasteiger partial charge in [0.25, 0.3) is 11.2 Å². The van der Waals surface area contributed by atoms with Gasteiger partial charge in [0.05, 0.1) is 17.2 Å². The summed E-state index contributed by atoms with van der Waals surface area (Å²) in [5, 5.41) is 24.1. The number of nitro groups is 1. The lowest BCUT2D eigenvalue weighted by atomic mass is 10.1. The fourth-order valence-electron chi connectivity index (χ4n) is 1.94. The minimum absolute atomic E-state index is 0.149. The second-order valence-electron chi connectivity index (χ2n) is 4.34. The van der Waals surface area contributed by atoms with Crippen molar-refractivity contribution in [3.63, 3.8) is 0 Å². The Balaban J connectivity index is 2.57. The number of aryl methyl sites for hydroxylation is 1. The Morgan fingerprint density at radius 1 is 1.38 bits per heavy atom. The molecule has 1 N–H and O–H groups in total. The molecule has 0 aliphatic rings. The molecule has 0 aliphatic heterocycles. The zero-order valence-electron chi connectivity index (χ0n) is 11.0. The molecule has 2 aromatic rings. The Labute approximate surface area is 118 Å². The van der Waals surface area contributed by atoms with Crippen molar-refractivity contribution in [2.45, 2.75) is 13.5 Å². The van der Waals surface area contributed by atoms with E-state index in [2.05, 4.69) is 5.10 Å². The van der Waals surface area contributed by atoms with Gasteiger partial charge in [0.15, 0.2) is 0 Å². The maximum absolute atomic E-state index is 11.7. The first-order valence-corrected chi connectivity index (χ1v) is 5.94. The number of nitro benzene ring substituents is 1. The molecule has 2 rings (SSSR count). The smallest absolute Gasteiger partial charge is 0.343 e. The van der Waals surface area contributed by atoms with Crippen LogP contribution >= 0.6 is 0 Å². The van der Waals surface area contributed by atoms with Crippen LogP contribution in [-0.4, -0.2) is 25.8 Å². The third-order valence-electron chi connectivity index (χ3n) is 2.86. The van der Waals surface area contributed by atoms with Gasteiger partial charge in [-0.15, -0.1) is 0 Å². The lowest BCUT2D eigenvalue weighted by Gasteiger charge is -2.08. The Morgan fingerprint density at radius 3 is 2.71 bits per heavy atom. The highest BCUT2D eigenvalue weighted by atomic mass is 16.6. The average Bonchev–Trinajstić information content (AvgIpc) is 2.42. The SMILES string of the molecule is Cc1ccc(=O)n(Cc2cccc([N+](=O)[O-])c2C(=O)O)n1. The number of aromatic nitrogens is 2. The van der Waals surface area contributed by atoms with E-state index in [1.54, 1.807) is 6.92 Å². The number of nitrogens with zero attached hydrogens (tertiary/aromatic N) is 3. The van der Waals surface area contributed by atoms with Crippen LogP contribution in [0.25, 0.3) is 0 Å². The minimum atomic E-state index is -1.42. The van der Waals surface area contributed by atoms with Crippen LogP contribution in [0.2, 0.25) is 0 Å². The van der Waals surface area contributed by atoms with Gasteiger partial charge in [-0.3, -0.25) is 14.9 Å². The first-order valence-electron chi connectivity index (χ1n) is 5.94. The van der Waals surface area contributed by atoms with E-state index in [0.29, 0.717) is 5.69 Å². The first kappa shape index (κ1) is 14.4. The number of aromatic carboxylic acids is 1. The van der Waals surface area contributed by atoms with Gasteiger partial charge in [0.2, 0.25) is 0 Å². The highest BCUT2D eigenvalue weighted by Gasteiger charge is 2.23. The second kappa shape index (κ2) is 5.53. The van der Waals surface area contributed by atoms with Crippen LogP contribution in [0.1, 0.15) is 21.6 Å². The number of benzene rings is 1. The summed E-state index contributed by atoms with van der Waals surface area (Å²) in [6.45, 7) is 1.53. The van der Waals surface area contributed by atoms with E-state index < -0.39 is 27.7 Å². The van der Waals surface area contributed by atoms with E-state index in [9.17, 15) is 24.8 Å². The Hall–Kier alpha value is -3.03. The van der Waals surface area contributed by atoms with Crippen LogP contribution < -0.4 is 5.56 Å². The molecule has 21 heavy (non-hydrogen) atoms. The number of carboxylic acids is 1. The average molecular weight is 289 g/mol. The number of carbonyl (C=O) groups is 1.